The molecule has 0 aromatic carbocycles. The van der Waals surface area contributed by atoms with Crippen LogP contribution in [0.5, 0.6) is 0 Å². The molecule has 1 aromatic rings. The number of aromatic nitrogens is 2. The standard InChI is InChI=1S/C9H15N5O2/c1-12-4-3-7(5-12)11-9-8(14(15)16)10-6-13(9)2/h6-7,11H,3-5H2,1-2H3. The molecule has 1 aliphatic rings. The number of nitrogens with one attached hydrogen (secondary N) is 1. The molecule has 1 aliphatic heterocycles. The Morgan fingerprint density at radius 2 is 2.38 bits per heavy atom. The summed E-state index contributed by atoms with van der Waals surface area (Å²) >= 11 is 0. The highest BCUT2D eigenvalue weighted by molar-refractivity contribution is 5.52. The van der Waals surface area contributed by atoms with E-state index in [1.807, 2.05) is 7.05 Å². The van der Waals surface area contributed by atoms with Crippen molar-refractivity contribution in [1.29, 1.82) is 0 Å². The molecule has 1 N–H and O–H groups in total. The average Bonchev–Trinajstić information content (AvgIpc) is 2.76. The van der Waals surface area contributed by atoms with Crippen molar-refractivity contribution in [3.05, 3.63) is 16.4 Å². The zero-order valence-electron chi connectivity index (χ0n) is 9.38. The van der Waals surface area contributed by atoms with Crippen molar-refractivity contribution in [2.24, 2.45) is 7.05 Å². The van der Waals surface area contributed by atoms with Gasteiger partial charge < -0.3 is 20.3 Å². The van der Waals surface area contributed by atoms with E-state index < -0.39 is 4.92 Å². The second kappa shape index (κ2) is 4.09. The number of hydrogen-bond donors (Lipinski definition) is 1. The van der Waals surface area contributed by atoms with Crippen molar-refractivity contribution >= 4 is 11.6 Å². The van der Waals surface area contributed by atoms with Crippen LogP contribution in [0.2, 0.25) is 0 Å². The Labute approximate surface area is 93.2 Å². The highest BCUT2D eigenvalue weighted by atomic mass is 16.6. The fourth-order valence-corrected chi connectivity index (χ4v) is 1.96. The van der Waals surface area contributed by atoms with Crippen molar-refractivity contribution < 1.29 is 4.92 Å². The third-order valence-corrected chi connectivity index (χ3v) is 2.82. The first-order valence-corrected chi connectivity index (χ1v) is 5.18. The van der Waals surface area contributed by atoms with Crippen molar-refractivity contribution in [3.63, 3.8) is 0 Å². The molecule has 0 bridgehead atoms. The zero-order chi connectivity index (χ0) is 11.7. The van der Waals surface area contributed by atoms with Gasteiger partial charge in [-0.05, 0) is 29.9 Å². The van der Waals surface area contributed by atoms with Gasteiger partial charge in [-0.2, -0.15) is 0 Å². The molecule has 0 aliphatic carbocycles. The van der Waals surface area contributed by atoms with Crippen molar-refractivity contribution in [3.8, 4) is 0 Å². The minimum Gasteiger partial charge on any atom is -0.360 e. The van der Waals surface area contributed by atoms with Gasteiger partial charge in [0.05, 0.1) is 0 Å². The summed E-state index contributed by atoms with van der Waals surface area (Å²) in [7, 11) is 3.79. The molecule has 2 heterocycles. The first-order chi connectivity index (χ1) is 7.58. The first-order valence-electron chi connectivity index (χ1n) is 5.18. The predicted molar refractivity (Wildman–Crippen MR) is 59.4 cm³/mol. The minimum atomic E-state index is -0.457. The molecule has 88 valence electrons. The quantitative estimate of drug-likeness (QED) is 0.597. The highest BCUT2D eigenvalue weighted by Gasteiger charge is 2.25. The van der Waals surface area contributed by atoms with E-state index in [9.17, 15) is 10.1 Å². The summed E-state index contributed by atoms with van der Waals surface area (Å²) in [5.74, 6) is 0.391. The lowest BCUT2D eigenvalue weighted by atomic mass is 10.2. The molecule has 0 saturated carbocycles. The lowest BCUT2D eigenvalue weighted by Gasteiger charge is -2.13. The molecule has 0 spiro atoms. The van der Waals surface area contributed by atoms with Gasteiger partial charge in [-0.15, -0.1) is 0 Å². The van der Waals surface area contributed by atoms with Crippen LogP contribution in [0.3, 0.4) is 0 Å². The van der Waals surface area contributed by atoms with Crippen LogP contribution in [0.15, 0.2) is 6.33 Å². The number of aryl methyl sites for hydroxylation is 1. The van der Waals surface area contributed by atoms with Gasteiger partial charge in [0, 0.05) is 19.6 Å². The van der Waals surface area contributed by atoms with Gasteiger partial charge in [-0.3, -0.25) is 4.57 Å². The molecular weight excluding hydrogens is 210 g/mol. The molecule has 2 rings (SSSR count). The Balaban J connectivity index is 2.14. The number of imidazole rings is 1. The summed E-state index contributed by atoms with van der Waals surface area (Å²) in [5, 5.41) is 13.9. The molecule has 1 unspecified atom stereocenters. The Bertz CT molecular complexity index is 403. The molecule has 0 radical (unpaired) electrons. The van der Waals surface area contributed by atoms with Gasteiger partial charge in [0.25, 0.3) is 0 Å². The lowest BCUT2D eigenvalue weighted by Crippen LogP contribution is -2.24. The third-order valence-electron chi connectivity index (χ3n) is 2.82. The molecule has 1 atom stereocenters. The van der Waals surface area contributed by atoms with Crippen LogP contribution in [0.4, 0.5) is 11.6 Å². The Morgan fingerprint density at radius 3 is 2.94 bits per heavy atom. The van der Waals surface area contributed by atoms with E-state index in [0.717, 1.165) is 19.5 Å². The van der Waals surface area contributed by atoms with E-state index in [2.05, 4.69) is 15.2 Å². The summed E-state index contributed by atoms with van der Waals surface area (Å²) in [6.07, 6.45) is 2.46. The summed E-state index contributed by atoms with van der Waals surface area (Å²) in [5.41, 5.74) is 0. The van der Waals surface area contributed by atoms with Gasteiger partial charge in [-0.25, -0.2) is 0 Å². The van der Waals surface area contributed by atoms with Crippen LogP contribution in [0.1, 0.15) is 6.42 Å². The lowest BCUT2D eigenvalue weighted by molar-refractivity contribution is -0.388. The van der Waals surface area contributed by atoms with Crippen molar-refractivity contribution in [2.45, 2.75) is 12.5 Å². The number of likely N-dealkylation sites (N-methyl/N-ethyl adjacent to an activating group) is 1. The number of likely N-dealkylation sites (tertiary alicyclic amines) is 1. The summed E-state index contributed by atoms with van der Waals surface area (Å²) in [6.45, 7) is 1.92. The number of anilines is 1. The average molecular weight is 225 g/mol. The van der Waals surface area contributed by atoms with E-state index in [-0.39, 0.29) is 11.9 Å². The van der Waals surface area contributed by atoms with Gasteiger partial charge >= 0.3 is 5.82 Å². The van der Waals surface area contributed by atoms with E-state index >= 15 is 0 Å². The second-order valence-electron chi connectivity index (χ2n) is 4.18. The fraction of sp³-hybridized carbons (Fsp3) is 0.667. The summed E-state index contributed by atoms with van der Waals surface area (Å²) < 4.78 is 1.65. The van der Waals surface area contributed by atoms with E-state index in [4.69, 9.17) is 0 Å². The largest absolute Gasteiger partial charge is 0.406 e. The first kappa shape index (κ1) is 10.9. The Kier molecular flexibility index (Phi) is 2.78. The molecule has 0 amide bonds. The monoisotopic (exact) mass is 225 g/mol. The molecule has 1 saturated heterocycles. The van der Waals surface area contributed by atoms with Crippen LogP contribution < -0.4 is 5.32 Å². The predicted octanol–water partition coefficient (Wildman–Crippen LogP) is 0.444. The van der Waals surface area contributed by atoms with Gasteiger partial charge in [0.15, 0.2) is 0 Å². The van der Waals surface area contributed by atoms with Crippen molar-refractivity contribution in [2.75, 3.05) is 25.5 Å². The van der Waals surface area contributed by atoms with Gasteiger partial charge in [0.2, 0.25) is 12.1 Å². The maximum absolute atomic E-state index is 10.8. The molecule has 7 nitrogen and oxygen atoms in total. The molecular formula is C9H15N5O2. The molecule has 16 heavy (non-hydrogen) atoms. The maximum atomic E-state index is 10.8. The normalized spacial score (nSPS) is 21.2. The summed E-state index contributed by atoms with van der Waals surface area (Å²) in [6, 6.07) is 0.263. The number of nitrogens with zero attached hydrogens (tertiary/aromatic N) is 4. The molecule has 1 fully saturated rings. The molecule has 7 heteroatoms. The Hall–Kier alpha value is -1.63. The van der Waals surface area contributed by atoms with E-state index in [1.165, 1.54) is 6.33 Å². The fourth-order valence-electron chi connectivity index (χ4n) is 1.96. The smallest absolute Gasteiger partial charge is 0.360 e. The van der Waals surface area contributed by atoms with E-state index in [0.29, 0.717) is 5.82 Å². The summed E-state index contributed by atoms with van der Waals surface area (Å²) in [4.78, 5) is 16.3. The number of nitro groups is 1. The zero-order valence-corrected chi connectivity index (χ0v) is 9.38. The van der Waals surface area contributed by atoms with Gasteiger partial charge in [0.1, 0.15) is 0 Å². The van der Waals surface area contributed by atoms with Gasteiger partial charge in [-0.1, -0.05) is 0 Å². The van der Waals surface area contributed by atoms with Crippen LogP contribution in [-0.2, 0) is 7.05 Å². The second-order valence-corrected chi connectivity index (χ2v) is 4.18. The van der Waals surface area contributed by atoms with Crippen LogP contribution in [-0.4, -0.2) is 45.6 Å². The third kappa shape index (κ3) is 1.99. The highest BCUT2D eigenvalue weighted by Crippen LogP contribution is 2.23. The number of hydrogen-bond acceptors (Lipinski definition) is 5. The maximum Gasteiger partial charge on any atom is 0.406 e. The van der Waals surface area contributed by atoms with E-state index in [1.54, 1.807) is 11.6 Å². The Morgan fingerprint density at radius 1 is 1.62 bits per heavy atom. The van der Waals surface area contributed by atoms with Crippen LogP contribution >= 0.6 is 0 Å². The van der Waals surface area contributed by atoms with Crippen molar-refractivity contribution in [1.82, 2.24) is 14.5 Å². The number of rotatable bonds is 3. The topological polar surface area (TPSA) is 76.2 Å². The molecule has 1 aromatic heterocycles. The van der Waals surface area contributed by atoms with Crippen LogP contribution in [0.25, 0.3) is 0 Å². The minimum absolute atomic E-state index is 0.1000. The SMILES string of the molecule is CN1CCC(Nc2c([N+](=O)[O-])ncn2C)C1. The van der Waals surface area contributed by atoms with Crippen LogP contribution in [0, 0.1) is 10.1 Å².